The number of carboxylic acids is 1. The Bertz CT molecular complexity index is 1080. The summed E-state index contributed by atoms with van der Waals surface area (Å²) in [7, 11) is 1.60. The van der Waals surface area contributed by atoms with Crippen molar-refractivity contribution < 1.29 is 24.2 Å². The van der Waals surface area contributed by atoms with Gasteiger partial charge in [0.25, 0.3) is 5.91 Å². The van der Waals surface area contributed by atoms with Gasteiger partial charge in [-0.05, 0) is 41.8 Å². The van der Waals surface area contributed by atoms with Crippen LogP contribution in [0.1, 0.15) is 25.6 Å². The van der Waals surface area contributed by atoms with Crippen molar-refractivity contribution in [2.75, 3.05) is 30.5 Å². The minimum absolute atomic E-state index is 0.121. The van der Waals surface area contributed by atoms with Gasteiger partial charge >= 0.3 is 5.97 Å². The third kappa shape index (κ3) is 4.08. The third-order valence-electron chi connectivity index (χ3n) is 4.82. The number of benzene rings is 2. The number of aromatic carboxylic acids is 1. The van der Waals surface area contributed by atoms with Crippen LogP contribution < -0.4 is 19.7 Å². The van der Waals surface area contributed by atoms with Gasteiger partial charge in [0.1, 0.15) is 18.1 Å². The fourth-order valence-electron chi connectivity index (χ4n) is 3.34. The number of hydrogen-bond donors (Lipinski definition) is 2. The molecule has 1 aromatic heterocycles. The van der Waals surface area contributed by atoms with E-state index in [0.29, 0.717) is 41.7 Å². The van der Waals surface area contributed by atoms with E-state index in [4.69, 9.17) is 9.47 Å². The molecule has 3 aromatic rings. The highest BCUT2D eigenvalue weighted by molar-refractivity contribution is 7.12. The Hall–Kier alpha value is -3.52. The quantitative estimate of drug-likeness (QED) is 0.641. The second kappa shape index (κ2) is 8.46. The first-order chi connectivity index (χ1) is 14.5. The van der Waals surface area contributed by atoms with E-state index in [1.165, 1.54) is 17.4 Å². The van der Waals surface area contributed by atoms with Crippen LogP contribution >= 0.6 is 11.3 Å². The number of nitrogens with zero attached hydrogens (tertiary/aromatic N) is 1. The molecule has 0 aliphatic carbocycles. The highest BCUT2D eigenvalue weighted by atomic mass is 32.1. The minimum Gasteiger partial charge on any atom is -0.497 e. The molecule has 7 nitrogen and oxygen atoms in total. The number of ether oxygens (including phenoxy) is 2. The number of hydrogen-bond acceptors (Lipinski definition) is 6. The monoisotopic (exact) mass is 424 g/mol. The van der Waals surface area contributed by atoms with Gasteiger partial charge in [-0.2, -0.15) is 0 Å². The van der Waals surface area contributed by atoms with Crippen LogP contribution in [0.25, 0.3) is 0 Å². The molecule has 154 valence electrons. The largest absolute Gasteiger partial charge is 0.497 e. The molecular weight excluding hydrogens is 404 g/mol. The number of rotatable bonds is 5. The number of methoxy groups -OCH3 is 1. The molecule has 2 heterocycles. The lowest BCUT2D eigenvalue weighted by Gasteiger charge is -2.24. The summed E-state index contributed by atoms with van der Waals surface area (Å²) in [6, 6.07) is 14.0. The first-order valence-electron chi connectivity index (χ1n) is 9.32. The molecular formula is C22H20N2O5S. The maximum Gasteiger partial charge on any atom is 0.337 e. The number of fused-ring (bicyclic) bond motifs is 1. The Balaban J connectivity index is 1.61. The van der Waals surface area contributed by atoms with Crippen molar-refractivity contribution in [1.82, 2.24) is 0 Å². The average Bonchev–Trinajstić information content (AvgIpc) is 3.21. The number of carbonyl (C=O) groups excluding carboxylic acids is 1. The molecule has 0 radical (unpaired) electrons. The van der Waals surface area contributed by atoms with E-state index in [2.05, 4.69) is 5.32 Å². The highest BCUT2D eigenvalue weighted by Gasteiger charge is 2.22. The van der Waals surface area contributed by atoms with E-state index in [1.807, 2.05) is 28.5 Å². The van der Waals surface area contributed by atoms with Crippen LogP contribution in [0.15, 0.2) is 53.9 Å². The lowest BCUT2D eigenvalue weighted by atomic mass is 10.1. The SMILES string of the molecule is COc1ccc2c(c1)OCCN(c1ccc(NC(=O)c3cccs3)cc1C(=O)O)C2. The zero-order valence-electron chi connectivity index (χ0n) is 16.3. The molecule has 1 amide bonds. The average molecular weight is 424 g/mol. The van der Waals surface area contributed by atoms with Crippen LogP contribution in [0, 0.1) is 0 Å². The smallest absolute Gasteiger partial charge is 0.337 e. The molecule has 0 fully saturated rings. The Morgan fingerprint density at radius 1 is 1.20 bits per heavy atom. The van der Waals surface area contributed by atoms with Crippen LogP contribution in [0.5, 0.6) is 11.5 Å². The van der Waals surface area contributed by atoms with Crippen LogP contribution in [0.4, 0.5) is 11.4 Å². The van der Waals surface area contributed by atoms with Gasteiger partial charge in [-0.25, -0.2) is 4.79 Å². The molecule has 0 bridgehead atoms. The van der Waals surface area contributed by atoms with E-state index in [1.54, 1.807) is 31.4 Å². The molecule has 4 rings (SSSR count). The highest BCUT2D eigenvalue weighted by Crippen LogP contribution is 2.32. The van der Waals surface area contributed by atoms with Gasteiger partial charge in [-0.3, -0.25) is 4.79 Å². The fraction of sp³-hybridized carbons (Fsp3) is 0.182. The van der Waals surface area contributed by atoms with Crippen molar-refractivity contribution in [3.63, 3.8) is 0 Å². The van der Waals surface area contributed by atoms with Crippen molar-refractivity contribution in [1.29, 1.82) is 0 Å². The van der Waals surface area contributed by atoms with E-state index >= 15 is 0 Å². The molecule has 2 N–H and O–H groups in total. The second-order valence-electron chi connectivity index (χ2n) is 6.71. The maximum atomic E-state index is 12.3. The predicted octanol–water partition coefficient (Wildman–Crippen LogP) is 4.11. The summed E-state index contributed by atoms with van der Waals surface area (Å²) in [5.74, 6) is 0.116. The van der Waals surface area contributed by atoms with Gasteiger partial charge in [-0.15, -0.1) is 11.3 Å². The number of carboxylic acid groups (broad SMARTS) is 1. The van der Waals surface area contributed by atoms with E-state index in [0.717, 1.165) is 11.3 Å². The first kappa shape index (κ1) is 19.8. The molecule has 0 spiro atoms. The van der Waals surface area contributed by atoms with Crippen molar-refractivity contribution in [3.05, 3.63) is 69.9 Å². The molecule has 1 aliphatic rings. The topological polar surface area (TPSA) is 88.1 Å². The Kier molecular flexibility index (Phi) is 5.58. The summed E-state index contributed by atoms with van der Waals surface area (Å²) in [5, 5.41) is 14.4. The molecule has 30 heavy (non-hydrogen) atoms. The van der Waals surface area contributed by atoms with E-state index < -0.39 is 5.97 Å². The van der Waals surface area contributed by atoms with Crippen molar-refractivity contribution in [3.8, 4) is 11.5 Å². The van der Waals surface area contributed by atoms with Crippen LogP contribution in [-0.2, 0) is 6.54 Å². The number of carbonyl (C=O) groups is 2. The number of amides is 1. The van der Waals surface area contributed by atoms with Crippen molar-refractivity contribution in [2.45, 2.75) is 6.54 Å². The normalized spacial score (nSPS) is 13.0. The Morgan fingerprint density at radius 2 is 2.07 bits per heavy atom. The zero-order valence-corrected chi connectivity index (χ0v) is 17.1. The summed E-state index contributed by atoms with van der Waals surface area (Å²) in [4.78, 5) is 26.8. The summed E-state index contributed by atoms with van der Waals surface area (Å²) in [5.41, 5.74) is 2.07. The van der Waals surface area contributed by atoms with Gasteiger partial charge < -0.3 is 24.8 Å². The standard InChI is InChI=1S/C22H20N2O5S/c1-28-16-6-4-14-13-24(8-9-29-19(14)12-16)18-7-5-15(11-17(18)22(26)27)23-21(25)20-3-2-10-30-20/h2-7,10-12H,8-9,13H2,1H3,(H,23,25)(H,26,27). The predicted molar refractivity (Wildman–Crippen MR) is 115 cm³/mol. The van der Waals surface area contributed by atoms with Gasteiger partial charge in [0.2, 0.25) is 0 Å². The zero-order chi connectivity index (χ0) is 21.1. The second-order valence-corrected chi connectivity index (χ2v) is 7.66. The number of nitrogens with one attached hydrogen (secondary N) is 1. The van der Waals surface area contributed by atoms with E-state index in [-0.39, 0.29) is 11.5 Å². The van der Waals surface area contributed by atoms with E-state index in [9.17, 15) is 14.7 Å². The minimum atomic E-state index is -1.06. The van der Waals surface area contributed by atoms with Gasteiger partial charge in [0, 0.05) is 23.9 Å². The first-order valence-corrected chi connectivity index (χ1v) is 10.2. The molecule has 0 atom stereocenters. The maximum absolute atomic E-state index is 12.3. The van der Waals surface area contributed by atoms with Crippen molar-refractivity contribution in [2.24, 2.45) is 0 Å². The third-order valence-corrected chi connectivity index (χ3v) is 5.69. The molecule has 8 heteroatoms. The van der Waals surface area contributed by atoms with Crippen LogP contribution in [-0.4, -0.2) is 37.2 Å². The van der Waals surface area contributed by atoms with Gasteiger partial charge in [0.15, 0.2) is 0 Å². The summed E-state index contributed by atoms with van der Waals surface area (Å²) < 4.78 is 11.1. The summed E-state index contributed by atoms with van der Waals surface area (Å²) >= 11 is 1.33. The Morgan fingerprint density at radius 3 is 2.80 bits per heavy atom. The molecule has 1 aliphatic heterocycles. The van der Waals surface area contributed by atoms with Crippen molar-refractivity contribution >= 4 is 34.6 Å². The molecule has 0 unspecified atom stereocenters. The Labute approximate surface area is 177 Å². The molecule has 0 saturated carbocycles. The van der Waals surface area contributed by atoms with Gasteiger partial charge in [0.05, 0.1) is 29.8 Å². The van der Waals surface area contributed by atoms with Crippen LogP contribution in [0.2, 0.25) is 0 Å². The fourth-order valence-corrected chi connectivity index (χ4v) is 3.96. The summed E-state index contributed by atoms with van der Waals surface area (Å²) in [6.07, 6.45) is 0. The summed E-state index contributed by atoms with van der Waals surface area (Å²) in [6.45, 7) is 1.44. The lowest BCUT2D eigenvalue weighted by Crippen LogP contribution is -2.27. The van der Waals surface area contributed by atoms with Gasteiger partial charge in [-0.1, -0.05) is 6.07 Å². The molecule has 0 saturated heterocycles. The number of anilines is 2. The van der Waals surface area contributed by atoms with Crippen LogP contribution in [0.3, 0.4) is 0 Å². The number of thiophene rings is 1. The lowest BCUT2D eigenvalue weighted by molar-refractivity contribution is 0.0697. The molecule has 2 aromatic carbocycles.